The average molecular weight is 471 g/mol. The molecule has 0 atom stereocenters. The normalized spacial score (nSPS) is 19.1. The fourth-order valence-corrected chi connectivity index (χ4v) is 4.59. The van der Waals surface area contributed by atoms with E-state index >= 15 is 0 Å². The quantitative estimate of drug-likeness (QED) is 0.483. The molecule has 1 saturated carbocycles. The van der Waals surface area contributed by atoms with E-state index in [2.05, 4.69) is 69.8 Å². The number of hydrogen-bond donors (Lipinski definition) is 2. The highest BCUT2D eigenvalue weighted by Gasteiger charge is 2.21. The van der Waals surface area contributed by atoms with Gasteiger partial charge in [0.15, 0.2) is 0 Å². The topological polar surface area (TPSA) is 40.2 Å². The molecule has 0 spiro atoms. The summed E-state index contributed by atoms with van der Waals surface area (Å²) in [4.78, 5) is 6.98. The number of fused-ring (bicyclic) bond motifs is 1. The van der Waals surface area contributed by atoms with Crippen molar-refractivity contribution in [3.8, 4) is 0 Å². The molecule has 1 fully saturated rings. The summed E-state index contributed by atoms with van der Waals surface area (Å²) in [5.41, 5.74) is 3.30. The van der Waals surface area contributed by atoms with Gasteiger partial charge in [-0.1, -0.05) is 24.3 Å². The van der Waals surface area contributed by atoms with E-state index in [1.54, 1.807) is 0 Å². The van der Waals surface area contributed by atoms with E-state index in [4.69, 9.17) is 4.98 Å². The fraction of sp³-hybridized carbons (Fsp3) is 0.375. The van der Waals surface area contributed by atoms with Gasteiger partial charge in [-0.2, -0.15) is 0 Å². The summed E-state index contributed by atoms with van der Waals surface area (Å²) in [7, 11) is 4.14. The van der Waals surface area contributed by atoms with Gasteiger partial charge in [0.05, 0.1) is 9.99 Å². The van der Waals surface area contributed by atoms with Crippen molar-refractivity contribution in [2.75, 3.05) is 24.3 Å². The third kappa shape index (κ3) is 4.93. The van der Waals surface area contributed by atoms with Crippen molar-refractivity contribution in [2.45, 2.75) is 44.3 Å². The predicted molar refractivity (Wildman–Crippen MR) is 127 cm³/mol. The fourth-order valence-electron chi connectivity index (χ4n) is 4.16. The van der Waals surface area contributed by atoms with Crippen LogP contribution in [0.25, 0.3) is 10.9 Å². The Kier molecular flexibility index (Phi) is 6.54. The first kappa shape index (κ1) is 21.1. The number of nitrogens with zero attached hydrogens (tertiary/aromatic N) is 2. The predicted octanol–water partition coefficient (Wildman–Crippen LogP) is 5.72. The molecule has 158 valence electrons. The first-order chi connectivity index (χ1) is 14.5. The molecule has 1 heterocycles. The van der Waals surface area contributed by atoms with Crippen LogP contribution in [0.2, 0.25) is 0 Å². The van der Waals surface area contributed by atoms with Crippen LogP contribution in [0.5, 0.6) is 0 Å². The Hall–Kier alpha value is -2.18. The zero-order chi connectivity index (χ0) is 21.1. The number of benzene rings is 2. The van der Waals surface area contributed by atoms with Crippen LogP contribution in [0.15, 0.2) is 53.0 Å². The number of anilines is 2. The minimum absolute atomic E-state index is 0.218. The highest BCUT2D eigenvalue weighted by Crippen LogP contribution is 2.29. The molecule has 4 rings (SSSR count). The highest BCUT2D eigenvalue weighted by molar-refractivity contribution is 9.10. The zero-order valence-electron chi connectivity index (χ0n) is 17.5. The Morgan fingerprint density at radius 3 is 2.50 bits per heavy atom. The number of halogens is 2. The van der Waals surface area contributed by atoms with E-state index in [1.807, 2.05) is 18.2 Å². The summed E-state index contributed by atoms with van der Waals surface area (Å²) >= 11 is 3.26. The van der Waals surface area contributed by atoms with E-state index in [-0.39, 0.29) is 5.82 Å². The maximum Gasteiger partial charge on any atom is 0.137 e. The average Bonchev–Trinajstić information content (AvgIpc) is 2.75. The third-order valence-corrected chi connectivity index (χ3v) is 6.44. The second kappa shape index (κ2) is 9.31. The number of aromatic nitrogens is 1. The molecule has 0 amide bonds. The summed E-state index contributed by atoms with van der Waals surface area (Å²) in [5, 5.41) is 8.46. The Balaban J connectivity index is 1.34. The summed E-state index contributed by atoms with van der Waals surface area (Å²) in [6.07, 6.45) is 4.45. The molecule has 1 aliphatic rings. The van der Waals surface area contributed by atoms with Gasteiger partial charge in [0.2, 0.25) is 0 Å². The molecule has 1 aliphatic carbocycles. The number of para-hydroxylation sites is 1. The van der Waals surface area contributed by atoms with Gasteiger partial charge in [-0.05, 0) is 65.4 Å². The third-order valence-electron chi connectivity index (χ3n) is 5.83. The van der Waals surface area contributed by atoms with Crippen molar-refractivity contribution >= 4 is 38.3 Å². The lowest BCUT2D eigenvalue weighted by Crippen LogP contribution is -2.36. The minimum Gasteiger partial charge on any atom is -0.377 e. The number of pyridine rings is 1. The van der Waals surface area contributed by atoms with Crippen LogP contribution in [0.4, 0.5) is 15.9 Å². The van der Waals surface area contributed by atoms with Crippen LogP contribution < -0.4 is 15.5 Å². The largest absolute Gasteiger partial charge is 0.377 e. The first-order valence-electron chi connectivity index (χ1n) is 10.5. The lowest BCUT2D eigenvalue weighted by atomic mass is 9.91. The van der Waals surface area contributed by atoms with Crippen LogP contribution >= 0.6 is 15.9 Å². The second-order valence-electron chi connectivity index (χ2n) is 8.26. The molecule has 0 saturated heterocycles. The van der Waals surface area contributed by atoms with E-state index in [0.717, 1.165) is 49.1 Å². The molecule has 1 aromatic heterocycles. The smallest absolute Gasteiger partial charge is 0.137 e. The lowest BCUT2D eigenvalue weighted by Gasteiger charge is -2.30. The molecular weight excluding hydrogens is 443 g/mol. The van der Waals surface area contributed by atoms with Crippen LogP contribution in [0, 0.1) is 5.82 Å². The molecular formula is C24H28BrFN4. The minimum atomic E-state index is -0.218. The van der Waals surface area contributed by atoms with Gasteiger partial charge in [-0.3, -0.25) is 0 Å². The summed E-state index contributed by atoms with van der Waals surface area (Å²) in [6, 6.07) is 16.6. The molecule has 0 bridgehead atoms. The van der Waals surface area contributed by atoms with Gasteiger partial charge >= 0.3 is 0 Å². The molecule has 2 N–H and O–H groups in total. The molecule has 30 heavy (non-hydrogen) atoms. The van der Waals surface area contributed by atoms with Crippen molar-refractivity contribution in [3.05, 3.63) is 64.4 Å². The number of rotatable bonds is 6. The van der Waals surface area contributed by atoms with E-state index in [9.17, 15) is 4.39 Å². The van der Waals surface area contributed by atoms with Crippen molar-refractivity contribution in [1.82, 2.24) is 10.3 Å². The SMILES string of the molecule is CN(C)c1cc(N[C@H]2CC[C@@H](NCc3ccc(F)c(Br)c3)CC2)nc2ccccc12. The van der Waals surface area contributed by atoms with E-state index < -0.39 is 0 Å². The maximum atomic E-state index is 13.4. The first-order valence-corrected chi connectivity index (χ1v) is 11.3. The zero-order valence-corrected chi connectivity index (χ0v) is 19.0. The van der Waals surface area contributed by atoms with Crippen molar-refractivity contribution < 1.29 is 4.39 Å². The Morgan fingerprint density at radius 2 is 1.77 bits per heavy atom. The Labute approximate surface area is 186 Å². The van der Waals surface area contributed by atoms with Crippen LogP contribution in [-0.4, -0.2) is 31.2 Å². The molecule has 2 aromatic carbocycles. The van der Waals surface area contributed by atoms with Crippen LogP contribution in [0.1, 0.15) is 31.2 Å². The van der Waals surface area contributed by atoms with Crippen molar-refractivity contribution in [3.63, 3.8) is 0 Å². The second-order valence-corrected chi connectivity index (χ2v) is 9.11. The van der Waals surface area contributed by atoms with Gasteiger partial charge in [0.1, 0.15) is 11.6 Å². The molecule has 0 aliphatic heterocycles. The summed E-state index contributed by atoms with van der Waals surface area (Å²) in [5.74, 6) is 0.732. The summed E-state index contributed by atoms with van der Waals surface area (Å²) < 4.78 is 13.9. The maximum absolute atomic E-state index is 13.4. The number of nitrogens with one attached hydrogen (secondary N) is 2. The molecule has 0 unspecified atom stereocenters. The molecule has 4 nitrogen and oxygen atoms in total. The molecule has 3 aromatic rings. The molecule has 0 radical (unpaired) electrons. The van der Waals surface area contributed by atoms with Crippen molar-refractivity contribution in [2.24, 2.45) is 0 Å². The molecule has 6 heteroatoms. The van der Waals surface area contributed by atoms with E-state index in [0.29, 0.717) is 16.6 Å². The number of hydrogen-bond acceptors (Lipinski definition) is 4. The lowest BCUT2D eigenvalue weighted by molar-refractivity contribution is 0.352. The van der Waals surface area contributed by atoms with Gasteiger partial charge in [-0.15, -0.1) is 0 Å². The monoisotopic (exact) mass is 470 g/mol. The van der Waals surface area contributed by atoms with Gasteiger partial charge in [0, 0.05) is 49.9 Å². The van der Waals surface area contributed by atoms with Gasteiger partial charge in [-0.25, -0.2) is 9.37 Å². The van der Waals surface area contributed by atoms with Gasteiger partial charge < -0.3 is 15.5 Å². The Morgan fingerprint density at radius 1 is 1.03 bits per heavy atom. The Bertz CT molecular complexity index is 1020. The standard InChI is InChI=1S/C24H28BrFN4/c1-30(2)23-14-24(29-22-6-4-3-5-19(22)23)28-18-10-8-17(9-11-18)27-15-16-7-12-21(26)20(25)13-16/h3-7,12-14,17-18,27H,8-11,15H2,1-2H3,(H,28,29)/t17-,18+. The highest BCUT2D eigenvalue weighted by atomic mass is 79.9. The van der Waals surface area contributed by atoms with Crippen LogP contribution in [0.3, 0.4) is 0 Å². The van der Waals surface area contributed by atoms with E-state index in [1.165, 1.54) is 17.1 Å². The van der Waals surface area contributed by atoms with Gasteiger partial charge in [0.25, 0.3) is 0 Å². The van der Waals surface area contributed by atoms with Crippen molar-refractivity contribution in [1.29, 1.82) is 0 Å². The van der Waals surface area contributed by atoms with Crippen LogP contribution in [-0.2, 0) is 6.54 Å². The summed E-state index contributed by atoms with van der Waals surface area (Å²) in [6.45, 7) is 0.764.